The van der Waals surface area contributed by atoms with Gasteiger partial charge in [-0.15, -0.1) is 0 Å². The minimum Gasteiger partial charge on any atom is -0.298 e. The molecule has 0 aromatic heterocycles. The molecule has 0 aliphatic heterocycles. The molecule has 0 saturated carbocycles. The van der Waals surface area contributed by atoms with Gasteiger partial charge >= 0.3 is 0 Å². The molecule has 0 atom stereocenters. The second-order valence-electron chi connectivity index (χ2n) is 2.62. The third-order valence-electron chi connectivity index (χ3n) is 1.57. The van der Waals surface area contributed by atoms with E-state index in [0.717, 1.165) is 31.1 Å². The lowest BCUT2D eigenvalue weighted by Gasteiger charge is -1.86. The third-order valence-corrected chi connectivity index (χ3v) is 1.57. The molecule has 0 unspecified atom stereocenters. The largest absolute Gasteiger partial charge is 0.298 e. The van der Waals surface area contributed by atoms with E-state index >= 15 is 0 Å². The van der Waals surface area contributed by atoms with E-state index in [4.69, 9.17) is 0 Å². The number of allylic oxidation sites excluding steroid dienone is 2. The highest BCUT2D eigenvalue weighted by Gasteiger charge is 1.85. The van der Waals surface area contributed by atoms with E-state index in [0.29, 0.717) is 0 Å². The Morgan fingerprint density at radius 2 is 2.17 bits per heavy atom. The lowest BCUT2D eigenvalue weighted by Crippen LogP contribution is -1.79. The second-order valence-corrected chi connectivity index (χ2v) is 2.62. The number of hydrogen-bond donors (Lipinski definition) is 0. The Morgan fingerprint density at radius 1 is 1.42 bits per heavy atom. The van der Waals surface area contributed by atoms with Gasteiger partial charge in [0, 0.05) is 6.42 Å². The SMILES string of the molecule is CCCCC#C/C=C(\C=O)CC. The van der Waals surface area contributed by atoms with Crippen molar-refractivity contribution in [3.05, 3.63) is 11.6 Å². The Hall–Kier alpha value is -1.03. The number of carbonyl (C=O) groups is 1. The predicted octanol–water partition coefficient (Wildman–Crippen LogP) is 2.72. The van der Waals surface area contributed by atoms with E-state index in [1.54, 1.807) is 6.08 Å². The van der Waals surface area contributed by atoms with E-state index < -0.39 is 0 Å². The molecule has 1 heteroatoms. The molecule has 1 nitrogen and oxygen atoms in total. The van der Waals surface area contributed by atoms with E-state index in [1.165, 1.54) is 6.42 Å². The molecular weight excluding hydrogens is 148 g/mol. The van der Waals surface area contributed by atoms with Crippen LogP contribution in [0.15, 0.2) is 11.6 Å². The normalized spacial score (nSPS) is 10.3. The van der Waals surface area contributed by atoms with Gasteiger partial charge in [0.25, 0.3) is 0 Å². The van der Waals surface area contributed by atoms with Crippen molar-refractivity contribution < 1.29 is 4.79 Å². The minimum absolute atomic E-state index is 0.770. The molecule has 0 rings (SSSR count). The summed E-state index contributed by atoms with van der Waals surface area (Å²) in [6.07, 6.45) is 6.60. The third kappa shape index (κ3) is 5.73. The molecule has 0 radical (unpaired) electrons. The first-order valence-electron chi connectivity index (χ1n) is 4.47. The van der Waals surface area contributed by atoms with Gasteiger partial charge < -0.3 is 0 Å². The van der Waals surface area contributed by atoms with Crippen LogP contribution in [0.3, 0.4) is 0 Å². The number of rotatable bonds is 4. The first-order valence-corrected chi connectivity index (χ1v) is 4.47. The fraction of sp³-hybridized carbons (Fsp3) is 0.545. The van der Waals surface area contributed by atoms with Crippen molar-refractivity contribution >= 4 is 6.29 Å². The summed E-state index contributed by atoms with van der Waals surface area (Å²) < 4.78 is 0. The fourth-order valence-corrected chi connectivity index (χ4v) is 0.700. The maximum Gasteiger partial charge on any atom is 0.146 e. The highest BCUT2D eigenvalue weighted by molar-refractivity contribution is 5.73. The quantitative estimate of drug-likeness (QED) is 0.270. The van der Waals surface area contributed by atoms with Crippen LogP contribution in [0.5, 0.6) is 0 Å². The van der Waals surface area contributed by atoms with Gasteiger partial charge in [0.15, 0.2) is 0 Å². The van der Waals surface area contributed by atoms with Crippen LogP contribution in [-0.4, -0.2) is 6.29 Å². The molecule has 0 fully saturated rings. The van der Waals surface area contributed by atoms with Crippen LogP contribution < -0.4 is 0 Å². The Bertz CT molecular complexity index is 203. The summed E-state index contributed by atoms with van der Waals surface area (Å²) in [5.74, 6) is 5.88. The van der Waals surface area contributed by atoms with Gasteiger partial charge in [0.1, 0.15) is 6.29 Å². The van der Waals surface area contributed by atoms with Crippen molar-refractivity contribution in [2.75, 3.05) is 0 Å². The number of hydrogen-bond acceptors (Lipinski definition) is 1. The van der Waals surface area contributed by atoms with Gasteiger partial charge in [-0.05, 0) is 24.5 Å². The smallest absolute Gasteiger partial charge is 0.146 e. The zero-order valence-electron chi connectivity index (χ0n) is 7.89. The average Bonchev–Trinajstić information content (AvgIpc) is 2.11. The van der Waals surface area contributed by atoms with Crippen molar-refractivity contribution in [1.29, 1.82) is 0 Å². The Kier molecular flexibility index (Phi) is 7.38. The van der Waals surface area contributed by atoms with Crippen LogP contribution >= 0.6 is 0 Å². The monoisotopic (exact) mass is 164 g/mol. The van der Waals surface area contributed by atoms with Gasteiger partial charge in [0.05, 0.1) is 0 Å². The predicted molar refractivity (Wildman–Crippen MR) is 51.7 cm³/mol. The summed E-state index contributed by atoms with van der Waals surface area (Å²) in [4.78, 5) is 10.3. The molecule has 0 aliphatic rings. The van der Waals surface area contributed by atoms with E-state index in [-0.39, 0.29) is 0 Å². The molecular formula is C11H16O. The lowest BCUT2D eigenvalue weighted by molar-refractivity contribution is -0.105. The molecule has 0 aromatic rings. The Morgan fingerprint density at radius 3 is 2.67 bits per heavy atom. The molecule has 0 amide bonds. The molecule has 12 heavy (non-hydrogen) atoms. The van der Waals surface area contributed by atoms with Crippen LogP contribution in [0.25, 0.3) is 0 Å². The summed E-state index contributed by atoms with van der Waals surface area (Å²) >= 11 is 0. The van der Waals surface area contributed by atoms with Crippen LogP contribution in [0.1, 0.15) is 39.5 Å². The van der Waals surface area contributed by atoms with Gasteiger partial charge in [-0.2, -0.15) is 0 Å². The number of unbranched alkanes of at least 4 members (excludes halogenated alkanes) is 2. The van der Waals surface area contributed by atoms with Gasteiger partial charge in [-0.1, -0.05) is 32.1 Å². The first kappa shape index (κ1) is 11.0. The van der Waals surface area contributed by atoms with Crippen molar-refractivity contribution in [1.82, 2.24) is 0 Å². The van der Waals surface area contributed by atoms with Crippen LogP contribution in [0, 0.1) is 11.8 Å². The van der Waals surface area contributed by atoms with Gasteiger partial charge in [-0.25, -0.2) is 0 Å². The van der Waals surface area contributed by atoms with Gasteiger partial charge in [-0.3, -0.25) is 4.79 Å². The van der Waals surface area contributed by atoms with Gasteiger partial charge in [0.2, 0.25) is 0 Å². The fourth-order valence-electron chi connectivity index (χ4n) is 0.700. The maximum absolute atomic E-state index is 10.3. The Balaban J connectivity index is 3.79. The number of carbonyl (C=O) groups excluding carboxylic acids is 1. The summed E-state index contributed by atoms with van der Waals surface area (Å²) in [6, 6.07) is 0. The van der Waals surface area contributed by atoms with Crippen molar-refractivity contribution in [3.8, 4) is 11.8 Å². The topological polar surface area (TPSA) is 17.1 Å². The summed E-state index contributed by atoms with van der Waals surface area (Å²) in [5.41, 5.74) is 0.777. The van der Waals surface area contributed by atoms with Crippen LogP contribution in [0.2, 0.25) is 0 Å². The lowest BCUT2D eigenvalue weighted by atomic mass is 10.2. The van der Waals surface area contributed by atoms with Crippen molar-refractivity contribution in [2.24, 2.45) is 0 Å². The van der Waals surface area contributed by atoms with Crippen LogP contribution in [-0.2, 0) is 4.79 Å². The molecule has 0 spiro atoms. The standard InChI is InChI=1S/C11H16O/c1-3-5-6-7-8-9-11(4-2)10-12/h9-10H,3-6H2,1-2H3/b11-9-. The Labute approximate surface area is 74.9 Å². The van der Waals surface area contributed by atoms with E-state index in [2.05, 4.69) is 18.8 Å². The summed E-state index contributed by atoms with van der Waals surface area (Å²) in [6.45, 7) is 4.09. The minimum atomic E-state index is 0.770. The molecule has 0 heterocycles. The van der Waals surface area contributed by atoms with Crippen molar-refractivity contribution in [3.63, 3.8) is 0 Å². The first-order chi connectivity index (χ1) is 5.85. The zero-order chi connectivity index (χ0) is 9.23. The number of aldehydes is 1. The molecule has 0 aliphatic carbocycles. The van der Waals surface area contributed by atoms with Crippen molar-refractivity contribution in [2.45, 2.75) is 39.5 Å². The molecule has 0 aromatic carbocycles. The molecule has 0 N–H and O–H groups in total. The summed E-state index contributed by atoms with van der Waals surface area (Å²) in [7, 11) is 0. The van der Waals surface area contributed by atoms with E-state index in [9.17, 15) is 4.79 Å². The molecule has 66 valence electrons. The van der Waals surface area contributed by atoms with E-state index in [1.807, 2.05) is 6.92 Å². The zero-order valence-corrected chi connectivity index (χ0v) is 7.89. The molecule has 0 bridgehead atoms. The highest BCUT2D eigenvalue weighted by Crippen LogP contribution is 1.94. The highest BCUT2D eigenvalue weighted by atomic mass is 16.1. The van der Waals surface area contributed by atoms with Crippen LogP contribution in [0.4, 0.5) is 0 Å². The maximum atomic E-state index is 10.3. The second kappa shape index (κ2) is 8.07. The average molecular weight is 164 g/mol. The summed E-state index contributed by atoms with van der Waals surface area (Å²) in [5, 5.41) is 0. The molecule has 0 saturated heterocycles.